The van der Waals surface area contributed by atoms with E-state index in [1.807, 2.05) is 0 Å². The summed E-state index contributed by atoms with van der Waals surface area (Å²) >= 11 is 0. The summed E-state index contributed by atoms with van der Waals surface area (Å²) in [6.07, 6.45) is -14.3. The van der Waals surface area contributed by atoms with Crippen molar-refractivity contribution in [1.29, 1.82) is 0 Å². The molecule has 17 heteroatoms. The molecule has 0 aliphatic carbocycles. The first-order valence-corrected chi connectivity index (χ1v) is 16.1. The van der Waals surface area contributed by atoms with Crippen LogP contribution in [0.1, 0.15) is 28.9 Å². The van der Waals surface area contributed by atoms with Crippen LogP contribution in [0.15, 0.2) is 63.8 Å². The van der Waals surface area contributed by atoms with Crippen LogP contribution in [0.2, 0.25) is 0 Å². The van der Waals surface area contributed by atoms with Gasteiger partial charge in [-0.1, -0.05) is 6.07 Å². The van der Waals surface area contributed by atoms with E-state index >= 15 is 0 Å². The van der Waals surface area contributed by atoms with Gasteiger partial charge in [-0.3, -0.25) is 4.79 Å². The predicted octanol–water partition coefficient (Wildman–Crippen LogP) is 0.224. The highest BCUT2D eigenvalue weighted by Crippen LogP contribution is 2.51. The Kier molecular flexibility index (Phi) is 10.6. The van der Waals surface area contributed by atoms with Crippen LogP contribution < -0.4 is 10.2 Å². The fourth-order valence-electron chi connectivity index (χ4n) is 6.36. The molecule has 3 heterocycles. The number of aliphatic hydroxyl groups excluding tert-OH is 6. The highest BCUT2D eigenvalue weighted by atomic mass is 16.6. The minimum atomic E-state index is -2.02. The van der Waals surface area contributed by atoms with E-state index in [0.29, 0.717) is 5.56 Å². The van der Waals surface area contributed by atoms with Crippen molar-refractivity contribution >= 4 is 23.0 Å². The zero-order valence-electron chi connectivity index (χ0n) is 27.7. The van der Waals surface area contributed by atoms with Crippen molar-refractivity contribution < 1.29 is 79.2 Å². The number of aliphatic hydroxyl groups is 6. The van der Waals surface area contributed by atoms with Gasteiger partial charge in [-0.05, 0) is 48.0 Å². The summed E-state index contributed by atoms with van der Waals surface area (Å²) in [5, 5.41) is 106. The molecule has 2 saturated heterocycles. The summed E-state index contributed by atoms with van der Waals surface area (Å²) in [5.74, 6) is -3.41. The second kappa shape index (κ2) is 15.0. The summed E-state index contributed by atoms with van der Waals surface area (Å²) in [6.45, 7) is -1.49. The second-order valence-corrected chi connectivity index (χ2v) is 12.5. The van der Waals surface area contributed by atoms with Crippen LogP contribution in [0.5, 0.6) is 28.7 Å². The number of rotatable bonds is 8. The molecule has 1 aromatic heterocycles. The summed E-state index contributed by atoms with van der Waals surface area (Å²) in [7, 11) is 1.32. The number of phenols is 4. The fourth-order valence-corrected chi connectivity index (χ4v) is 6.36. The molecule has 10 N–H and O–H groups in total. The Labute approximate surface area is 299 Å². The Morgan fingerprint density at radius 2 is 1.58 bits per heavy atom. The van der Waals surface area contributed by atoms with Crippen LogP contribution in [0.3, 0.4) is 0 Å². The largest absolute Gasteiger partial charge is 0.508 e. The monoisotopic (exact) mass is 740 g/mol. The third kappa shape index (κ3) is 6.99. The van der Waals surface area contributed by atoms with Gasteiger partial charge in [-0.25, -0.2) is 4.79 Å². The summed E-state index contributed by atoms with van der Waals surface area (Å²) in [4.78, 5) is 27.0. The van der Waals surface area contributed by atoms with E-state index in [4.69, 9.17) is 23.4 Å². The van der Waals surface area contributed by atoms with Gasteiger partial charge in [0, 0.05) is 17.7 Å². The number of benzene rings is 3. The number of aromatic hydroxyl groups is 4. The molecule has 3 aromatic carbocycles. The average Bonchev–Trinajstić information content (AvgIpc) is 3.13. The minimum Gasteiger partial charge on any atom is -0.508 e. The molecule has 53 heavy (non-hydrogen) atoms. The maximum atomic E-state index is 13.8. The first kappa shape index (κ1) is 37.5. The molecule has 17 nitrogen and oxygen atoms in total. The van der Waals surface area contributed by atoms with E-state index in [9.17, 15) is 60.7 Å². The first-order chi connectivity index (χ1) is 25.2. The van der Waals surface area contributed by atoms with Crippen LogP contribution in [0, 0.1) is 0 Å². The molecular formula is C36H36O17. The molecule has 0 spiro atoms. The van der Waals surface area contributed by atoms with Crippen molar-refractivity contribution in [2.75, 3.05) is 20.3 Å². The topological polar surface area (TPSA) is 286 Å². The Morgan fingerprint density at radius 3 is 2.26 bits per heavy atom. The normalized spacial score (nSPS) is 27.6. The third-order valence-corrected chi connectivity index (χ3v) is 9.15. The van der Waals surface area contributed by atoms with Gasteiger partial charge in [0.2, 0.25) is 0 Å². The number of carbonyl (C=O) groups is 1. The summed E-state index contributed by atoms with van der Waals surface area (Å²) in [6, 6.07) is 10.5. The summed E-state index contributed by atoms with van der Waals surface area (Å²) in [5.41, 5.74) is -2.13. The van der Waals surface area contributed by atoms with Crippen LogP contribution in [0.25, 0.3) is 28.4 Å². The van der Waals surface area contributed by atoms with Gasteiger partial charge in [0.25, 0.3) is 0 Å². The van der Waals surface area contributed by atoms with Crippen LogP contribution >= 0.6 is 0 Å². The van der Waals surface area contributed by atoms with Crippen molar-refractivity contribution in [3.05, 3.63) is 81.5 Å². The predicted molar refractivity (Wildman–Crippen MR) is 180 cm³/mol. The number of phenolic OH excluding ortho intramolecular Hbond substituents is 4. The maximum Gasteiger partial charge on any atom is 0.331 e. The highest BCUT2D eigenvalue weighted by Gasteiger charge is 2.50. The standard InChI is InChI=1S/C36H36O17/c1-49-21-10-14(2-8-17(21)39)3-9-23(42)53-36-32(48)28(44)22(12-37)52-35(36)26-30(46)25(34-31(47)27(43)19(41)13-50-34)29(45)24-18(40)11-20(51-33(24)26)15-4-6-16(38)7-5-15/h2-11,19,22,27-28,31-32,34-39,41,43-48H,12-13H2,1H3/b9-3+/t19-,22+,27-,28+,31+,32-,34+,35-,36+/m0/s1. The SMILES string of the molecule is COc1cc(/C=C/C(=O)O[C@@H]2[C@@H](O)[C@H](O)[C@@H](CO)O[C@H]2c2c(O)c([C@H]3OC[C@H](O)[C@H](O)[C@H]3O)c(O)c3c(=O)cc(-c4ccc(O)cc4)oc23)ccc1O. The lowest BCUT2D eigenvalue weighted by molar-refractivity contribution is -0.239. The zero-order chi connectivity index (χ0) is 38.3. The Morgan fingerprint density at radius 1 is 0.868 bits per heavy atom. The number of carbonyl (C=O) groups excluding carboxylic acids is 1. The Balaban J connectivity index is 1.54. The van der Waals surface area contributed by atoms with Gasteiger partial charge in [0.1, 0.15) is 77.2 Å². The zero-order valence-corrected chi connectivity index (χ0v) is 27.7. The smallest absolute Gasteiger partial charge is 0.331 e. The van der Waals surface area contributed by atoms with Gasteiger partial charge < -0.3 is 74.4 Å². The molecule has 0 saturated carbocycles. The molecule has 6 rings (SSSR count). The fraction of sp³-hybridized carbons (Fsp3) is 0.333. The lowest BCUT2D eigenvalue weighted by Crippen LogP contribution is -2.56. The van der Waals surface area contributed by atoms with Gasteiger partial charge in [0.15, 0.2) is 28.6 Å². The number of ether oxygens (including phenoxy) is 4. The van der Waals surface area contributed by atoms with Crippen LogP contribution in [-0.2, 0) is 19.0 Å². The minimum absolute atomic E-state index is 0.0996. The molecule has 9 atom stereocenters. The number of methoxy groups -OCH3 is 1. The van der Waals surface area contributed by atoms with Crippen molar-refractivity contribution in [3.63, 3.8) is 0 Å². The van der Waals surface area contributed by atoms with Crippen LogP contribution in [0.4, 0.5) is 0 Å². The van der Waals surface area contributed by atoms with Crippen LogP contribution in [-0.4, -0.2) is 120 Å². The molecule has 2 fully saturated rings. The lowest BCUT2D eigenvalue weighted by Gasteiger charge is -2.42. The maximum absolute atomic E-state index is 13.8. The van der Waals surface area contributed by atoms with Crippen molar-refractivity contribution in [2.45, 2.75) is 54.9 Å². The Bertz CT molecular complexity index is 2080. The van der Waals surface area contributed by atoms with E-state index in [1.54, 1.807) is 0 Å². The molecular weight excluding hydrogens is 704 g/mol. The van der Waals surface area contributed by atoms with Gasteiger partial charge in [0.05, 0.1) is 31.5 Å². The van der Waals surface area contributed by atoms with Gasteiger partial charge in [-0.15, -0.1) is 0 Å². The number of hydrogen-bond donors (Lipinski definition) is 10. The Hall–Kier alpha value is -5.24. The quantitative estimate of drug-likeness (QED) is 0.0854. The number of hydrogen-bond acceptors (Lipinski definition) is 17. The molecule has 282 valence electrons. The lowest BCUT2D eigenvalue weighted by atomic mass is 9.85. The third-order valence-electron chi connectivity index (χ3n) is 9.15. The second-order valence-electron chi connectivity index (χ2n) is 12.5. The molecule has 0 amide bonds. The first-order valence-electron chi connectivity index (χ1n) is 16.1. The van der Waals surface area contributed by atoms with Gasteiger partial charge >= 0.3 is 5.97 Å². The molecule has 2 aliphatic heterocycles. The molecule has 0 radical (unpaired) electrons. The number of esters is 1. The molecule has 4 aromatic rings. The van der Waals surface area contributed by atoms with E-state index in [2.05, 4.69) is 0 Å². The summed E-state index contributed by atoms with van der Waals surface area (Å²) < 4.78 is 28.1. The molecule has 0 bridgehead atoms. The highest BCUT2D eigenvalue weighted by molar-refractivity contribution is 5.92. The van der Waals surface area contributed by atoms with Gasteiger partial charge in [-0.2, -0.15) is 0 Å². The van der Waals surface area contributed by atoms with Crippen molar-refractivity contribution in [1.82, 2.24) is 0 Å². The molecule has 2 aliphatic rings. The van der Waals surface area contributed by atoms with Crippen molar-refractivity contribution in [2.24, 2.45) is 0 Å². The van der Waals surface area contributed by atoms with E-state index < -0.39 is 113 Å². The molecule has 0 unspecified atom stereocenters. The van der Waals surface area contributed by atoms with E-state index in [0.717, 1.165) is 12.1 Å². The van der Waals surface area contributed by atoms with E-state index in [1.165, 1.54) is 55.7 Å². The number of fused-ring (bicyclic) bond motifs is 1. The van der Waals surface area contributed by atoms with Crippen molar-refractivity contribution in [3.8, 4) is 40.1 Å². The average molecular weight is 741 g/mol. The van der Waals surface area contributed by atoms with E-state index in [-0.39, 0.29) is 28.6 Å².